The van der Waals surface area contributed by atoms with E-state index in [2.05, 4.69) is 10.3 Å². The minimum absolute atomic E-state index is 0.227. The topological polar surface area (TPSA) is 81.4 Å². The summed E-state index contributed by atoms with van der Waals surface area (Å²) in [6.45, 7) is 1.72. The summed E-state index contributed by atoms with van der Waals surface area (Å²) in [6, 6.07) is 6.40. The van der Waals surface area contributed by atoms with Crippen LogP contribution in [0.1, 0.15) is 23.0 Å². The number of esters is 1. The van der Waals surface area contributed by atoms with Gasteiger partial charge in [-0.25, -0.2) is 9.78 Å². The number of nitrogens with zero attached hydrogens (tertiary/aromatic N) is 1. The van der Waals surface area contributed by atoms with E-state index in [0.29, 0.717) is 5.76 Å². The largest absolute Gasteiger partial charge is 0.467 e. The van der Waals surface area contributed by atoms with Crippen LogP contribution in [0.2, 0.25) is 5.15 Å². The fourth-order valence-corrected chi connectivity index (χ4v) is 1.62. The van der Waals surface area contributed by atoms with Crippen LogP contribution < -0.4 is 5.32 Å². The summed E-state index contributed by atoms with van der Waals surface area (Å²) >= 11 is 5.63. The van der Waals surface area contributed by atoms with E-state index in [1.165, 1.54) is 31.5 Å². The fraction of sp³-hybridized carbons (Fsp3) is 0.214. The van der Waals surface area contributed by atoms with Crippen molar-refractivity contribution in [3.63, 3.8) is 0 Å². The summed E-state index contributed by atoms with van der Waals surface area (Å²) in [5.74, 6) is -0.440. The number of carbonyl (C=O) groups is 2. The molecule has 0 fully saturated rings. The number of nitrogens with one attached hydrogen (secondary N) is 1. The summed E-state index contributed by atoms with van der Waals surface area (Å²) in [4.78, 5) is 27.4. The van der Waals surface area contributed by atoms with Crippen LogP contribution in [0.5, 0.6) is 0 Å². The average molecular weight is 309 g/mol. The first-order chi connectivity index (χ1) is 10.1. The van der Waals surface area contributed by atoms with Crippen molar-refractivity contribution in [2.45, 2.75) is 19.6 Å². The number of furan rings is 1. The maximum Gasteiger partial charge on any atom is 0.340 e. The Labute approximate surface area is 126 Å². The third-order valence-electron chi connectivity index (χ3n) is 2.63. The minimum atomic E-state index is -0.928. The van der Waals surface area contributed by atoms with Crippen molar-refractivity contribution < 1.29 is 18.7 Å². The van der Waals surface area contributed by atoms with Crippen molar-refractivity contribution in [2.24, 2.45) is 0 Å². The van der Waals surface area contributed by atoms with E-state index in [9.17, 15) is 9.59 Å². The molecule has 0 saturated heterocycles. The highest BCUT2D eigenvalue weighted by atomic mass is 35.5. The van der Waals surface area contributed by atoms with Gasteiger partial charge in [0.15, 0.2) is 6.10 Å². The van der Waals surface area contributed by atoms with Gasteiger partial charge in [0.25, 0.3) is 5.91 Å². The lowest BCUT2D eigenvalue weighted by molar-refractivity contribution is -0.129. The smallest absolute Gasteiger partial charge is 0.340 e. The number of aromatic nitrogens is 1. The van der Waals surface area contributed by atoms with Crippen LogP contribution in [-0.2, 0) is 16.1 Å². The van der Waals surface area contributed by atoms with Gasteiger partial charge in [0.2, 0.25) is 0 Å². The number of hydrogen-bond donors (Lipinski definition) is 1. The molecule has 2 aromatic heterocycles. The molecule has 0 saturated carbocycles. The molecule has 2 aromatic rings. The van der Waals surface area contributed by atoms with Crippen LogP contribution in [0.15, 0.2) is 41.1 Å². The summed E-state index contributed by atoms with van der Waals surface area (Å²) in [5, 5.41) is 2.88. The molecule has 0 aliphatic carbocycles. The van der Waals surface area contributed by atoms with Gasteiger partial charge in [0.05, 0.1) is 18.4 Å². The van der Waals surface area contributed by atoms with Crippen molar-refractivity contribution in [1.82, 2.24) is 10.3 Å². The third-order valence-corrected chi connectivity index (χ3v) is 2.86. The highest BCUT2D eigenvalue weighted by molar-refractivity contribution is 6.29. The number of pyridine rings is 1. The molecular formula is C14H13ClN2O4. The Balaban J connectivity index is 1.85. The lowest BCUT2D eigenvalue weighted by Gasteiger charge is -2.12. The van der Waals surface area contributed by atoms with Crippen LogP contribution >= 0.6 is 11.6 Å². The van der Waals surface area contributed by atoms with Gasteiger partial charge in [-0.1, -0.05) is 11.6 Å². The van der Waals surface area contributed by atoms with E-state index in [1.54, 1.807) is 12.1 Å². The van der Waals surface area contributed by atoms with Crippen LogP contribution in [0.3, 0.4) is 0 Å². The maximum absolute atomic E-state index is 11.8. The van der Waals surface area contributed by atoms with Gasteiger partial charge in [-0.15, -0.1) is 0 Å². The number of halogens is 1. The lowest BCUT2D eigenvalue weighted by atomic mass is 10.3. The summed E-state index contributed by atoms with van der Waals surface area (Å²) in [5.41, 5.74) is 0.227. The van der Waals surface area contributed by atoms with E-state index < -0.39 is 18.0 Å². The first-order valence-corrected chi connectivity index (χ1v) is 6.56. The van der Waals surface area contributed by atoms with E-state index in [0.717, 1.165) is 0 Å². The van der Waals surface area contributed by atoms with Gasteiger partial charge in [-0.05, 0) is 31.2 Å². The molecule has 2 heterocycles. The number of hydrogen-bond acceptors (Lipinski definition) is 5. The molecule has 1 atom stereocenters. The molecule has 110 valence electrons. The Bertz CT molecular complexity index is 610. The molecule has 0 spiro atoms. The molecule has 1 amide bonds. The SMILES string of the molecule is C[C@H](OC(=O)c1ccc(Cl)nc1)C(=O)NCc1ccco1. The number of carbonyl (C=O) groups excluding carboxylic acids is 2. The molecule has 2 rings (SSSR count). The minimum Gasteiger partial charge on any atom is -0.467 e. The maximum atomic E-state index is 11.8. The van der Waals surface area contributed by atoms with Gasteiger partial charge in [-0.3, -0.25) is 4.79 Å². The molecule has 1 N–H and O–H groups in total. The van der Waals surface area contributed by atoms with Crippen LogP contribution in [0, 0.1) is 0 Å². The molecule has 0 aromatic carbocycles. The number of amides is 1. The van der Waals surface area contributed by atoms with E-state index in [-0.39, 0.29) is 17.3 Å². The second kappa shape index (κ2) is 6.90. The van der Waals surface area contributed by atoms with Crippen molar-refractivity contribution in [3.8, 4) is 0 Å². The molecular weight excluding hydrogens is 296 g/mol. The Kier molecular flexibility index (Phi) is 4.94. The third kappa shape index (κ3) is 4.32. The van der Waals surface area contributed by atoms with E-state index in [4.69, 9.17) is 20.8 Å². The Morgan fingerprint density at radius 2 is 2.24 bits per heavy atom. The summed E-state index contributed by atoms with van der Waals surface area (Å²) in [7, 11) is 0. The van der Waals surface area contributed by atoms with Gasteiger partial charge < -0.3 is 14.5 Å². The van der Waals surface area contributed by atoms with Crippen LogP contribution in [0.4, 0.5) is 0 Å². The zero-order chi connectivity index (χ0) is 15.2. The van der Waals surface area contributed by atoms with Crippen molar-refractivity contribution in [3.05, 3.63) is 53.2 Å². The quantitative estimate of drug-likeness (QED) is 0.676. The number of ether oxygens (including phenoxy) is 1. The highest BCUT2D eigenvalue weighted by Gasteiger charge is 2.19. The highest BCUT2D eigenvalue weighted by Crippen LogP contribution is 2.08. The summed E-state index contributed by atoms with van der Waals surface area (Å²) in [6.07, 6.45) is 1.87. The normalized spacial score (nSPS) is 11.7. The predicted molar refractivity (Wildman–Crippen MR) is 74.7 cm³/mol. The monoisotopic (exact) mass is 308 g/mol. The molecule has 21 heavy (non-hydrogen) atoms. The number of rotatable bonds is 5. The lowest BCUT2D eigenvalue weighted by Crippen LogP contribution is -2.35. The molecule has 0 radical (unpaired) electrons. The summed E-state index contributed by atoms with van der Waals surface area (Å²) < 4.78 is 10.1. The first-order valence-electron chi connectivity index (χ1n) is 6.19. The first kappa shape index (κ1) is 15.1. The zero-order valence-electron chi connectivity index (χ0n) is 11.2. The molecule has 0 bridgehead atoms. The standard InChI is InChI=1S/C14H13ClN2O4/c1-9(13(18)17-8-11-3-2-6-20-11)21-14(19)10-4-5-12(15)16-7-10/h2-7,9H,8H2,1H3,(H,17,18)/t9-/m0/s1. The molecule has 0 aliphatic heterocycles. The molecule has 0 aliphatic rings. The molecule has 0 unspecified atom stereocenters. The Hall–Kier alpha value is -2.34. The fourth-order valence-electron chi connectivity index (χ4n) is 1.51. The zero-order valence-corrected chi connectivity index (χ0v) is 12.0. The average Bonchev–Trinajstić information content (AvgIpc) is 2.98. The molecule has 7 heteroatoms. The second-order valence-corrected chi connectivity index (χ2v) is 4.60. The van der Waals surface area contributed by atoms with Crippen LogP contribution in [-0.4, -0.2) is 23.0 Å². The van der Waals surface area contributed by atoms with Gasteiger partial charge >= 0.3 is 5.97 Å². The Morgan fingerprint density at radius 3 is 2.86 bits per heavy atom. The van der Waals surface area contributed by atoms with E-state index >= 15 is 0 Å². The second-order valence-electron chi connectivity index (χ2n) is 4.21. The van der Waals surface area contributed by atoms with Gasteiger partial charge in [0, 0.05) is 6.20 Å². The van der Waals surface area contributed by atoms with E-state index in [1.807, 2.05) is 0 Å². The van der Waals surface area contributed by atoms with Gasteiger partial charge in [0.1, 0.15) is 10.9 Å². The predicted octanol–water partition coefficient (Wildman–Crippen LogP) is 2.19. The van der Waals surface area contributed by atoms with Crippen molar-refractivity contribution >= 4 is 23.5 Å². The van der Waals surface area contributed by atoms with Crippen molar-refractivity contribution in [2.75, 3.05) is 0 Å². The van der Waals surface area contributed by atoms with Crippen molar-refractivity contribution in [1.29, 1.82) is 0 Å². The van der Waals surface area contributed by atoms with Crippen LogP contribution in [0.25, 0.3) is 0 Å². The molecule has 6 nitrogen and oxygen atoms in total. The Morgan fingerprint density at radius 1 is 1.43 bits per heavy atom. The van der Waals surface area contributed by atoms with Gasteiger partial charge in [-0.2, -0.15) is 0 Å².